The van der Waals surface area contributed by atoms with Gasteiger partial charge in [-0.1, -0.05) is 6.07 Å². The number of nitro benzene ring substituents is 1. The predicted molar refractivity (Wildman–Crippen MR) is 106 cm³/mol. The number of nitrogens with two attached hydrogens (primary N) is 1. The third-order valence-electron chi connectivity index (χ3n) is 4.14. The van der Waals surface area contributed by atoms with Crippen molar-refractivity contribution in [1.82, 2.24) is 0 Å². The Bertz CT molecular complexity index is 1190. The molecule has 30 heavy (non-hydrogen) atoms. The quantitative estimate of drug-likeness (QED) is 0.416. The number of nitro groups is 1. The van der Waals surface area contributed by atoms with Crippen LogP contribution in [0.25, 0.3) is 0 Å². The molecule has 1 unspecified atom stereocenters. The van der Waals surface area contributed by atoms with Gasteiger partial charge >= 0.3 is 0 Å². The molecule has 0 saturated heterocycles. The number of benzene rings is 2. The molecular weight excluding hydrogens is 416 g/mol. The van der Waals surface area contributed by atoms with Crippen molar-refractivity contribution in [3.8, 4) is 5.75 Å². The topological polar surface area (TPSA) is 170 Å². The molecule has 0 spiro atoms. The van der Waals surface area contributed by atoms with Crippen LogP contribution in [0.1, 0.15) is 6.92 Å². The summed E-state index contributed by atoms with van der Waals surface area (Å²) in [5, 5.41) is 29.1. The number of carbonyl (C=O) groups excluding carboxylic acids is 1. The minimum atomic E-state index is -3.95. The number of amides is 1. The molecule has 3 rings (SSSR count). The second kappa shape index (κ2) is 7.96. The summed E-state index contributed by atoms with van der Waals surface area (Å²) in [5.41, 5.74) is 0.543. The zero-order chi connectivity index (χ0) is 22.1. The Balaban J connectivity index is 1.88. The van der Waals surface area contributed by atoms with Gasteiger partial charge in [0.1, 0.15) is 5.69 Å². The number of hydrogen-bond acceptors (Lipinski definition) is 9. The monoisotopic (exact) mass is 432 g/mol. The number of hydrazone groups is 1. The van der Waals surface area contributed by atoms with Gasteiger partial charge in [0.15, 0.2) is 11.8 Å². The Morgan fingerprint density at radius 3 is 2.63 bits per heavy atom. The van der Waals surface area contributed by atoms with Crippen LogP contribution in [0.3, 0.4) is 0 Å². The number of non-ortho nitro benzene ring substituents is 1. The first-order chi connectivity index (χ1) is 14.1. The van der Waals surface area contributed by atoms with Gasteiger partial charge in [-0.25, -0.2) is 13.6 Å². The summed E-state index contributed by atoms with van der Waals surface area (Å²) >= 11 is 0. The van der Waals surface area contributed by atoms with E-state index < -0.39 is 26.9 Å². The molecule has 1 aliphatic rings. The van der Waals surface area contributed by atoms with Crippen LogP contribution in [0.4, 0.5) is 17.1 Å². The van der Waals surface area contributed by atoms with Crippen LogP contribution in [0.5, 0.6) is 5.75 Å². The van der Waals surface area contributed by atoms with Gasteiger partial charge < -0.3 is 4.74 Å². The van der Waals surface area contributed by atoms with Crippen LogP contribution >= 0.6 is 0 Å². The van der Waals surface area contributed by atoms with Crippen molar-refractivity contribution >= 4 is 38.7 Å². The minimum Gasteiger partial charge on any atom is -0.494 e. The third kappa shape index (κ3) is 4.16. The number of methoxy groups -OCH3 is 1. The Hall–Kier alpha value is -3.71. The second-order valence-corrected chi connectivity index (χ2v) is 7.73. The van der Waals surface area contributed by atoms with E-state index in [1.54, 1.807) is 6.92 Å². The zero-order valence-corrected chi connectivity index (χ0v) is 16.6. The number of ether oxygens (including phenoxy) is 1. The first kappa shape index (κ1) is 21.0. The van der Waals surface area contributed by atoms with Crippen molar-refractivity contribution in [3.63, 3.8) is 0 Å². The maximum Gasteiger partial charge on any atom is 0.280 e. The average molecular weight is 432 g/mol. The highest BCUT2D eigenvalue weighted by Gasteiger charge is 2.35. The standard InChI is InChI=1S/C17H16N6O6S/c1-10-16(20-19-14-7-6-12(23(25)26)9-15(14)29-2)17(24)22(21-10)11-4-3-5-13(8-11)30(18,27)28/h3-9,16H,1-2H3,(H2,18,27,28). The molecule has 2 aromatic rings. The molecule has 0 radical (unpaired) electrons. The van der Waals surface area contributed by atoms with Gasteiger partial charge in [-0.2, -0.15) is 20.3 Å². The van der Waals surface area contributed by atoms with E-state index >= 15 is 0 Å². The number of rotatable bonds is 6. The van der Waals surface area contributed by atoms with Crippen molar-refractivity contribution in [2.45, 2.75) is 17.9 Å². The smallest absolute Gasteiger partial charge is 0.280 e. The number of sulfonamides is 1. The fourth-order valence-electron chi connectivity index (χ4n) is 2.65. The van der Waals surface area contributed by atoms with E-state index in [-0.39, 0.29) is 27.7 Å². The van der Waals surface area contributed by atoms with E-state index in [1.165, 1.54) is 49.6 Å². The highest BCUT2D eigenvalue weighted by Crippen LogP contribution is 2.32. The lowest BCUT2D eigenvalue weighted by Crippen LogP contribution is -2.29. The van der Waals surface area contributed by atoms with E-state index in [0.29, 0.717) is 5.71 Å². The lowest BCUT2D eigenvalue weighted by atomic mass is 10.2. The van der Waals surface area contributed by atoms with Gasteiger partial charge in [0.05, 0.1) is 34.4 Å². The average Bonchev–Trinajstić information content (AvgIpc) is 2.99. The van der Waals surface area contributed by atoms with Crippen LogP contribution in [0.15, 0.2) is 62.7 Å². The van der Waals surface area contributed by atoms with Crippen LogP contribution in [0.2, 0.25) is 0 Å². The molecular formula is C17H16N6O6S. The highest BCUT2D eigenvalue weighted by atomic mass is 32.2. The molecule has 0 aromatic heterocycles. The Morgan fingerprint density at radius 1 is 1.27 bits per heavy atom. The van der Waals surface area contributed by atoms with E-state index in [4.69, 9.17) is 9.88 Å². The zero-order valence-electron chi connectivity index (χ0n) is 15.8. The summed E-state index contributed by atoms with van der Waals surface area (Å²) in [6.45, 7) is 1.57. The second-order valence-electron chi connectivity index (χ2n) is 6.17. The number of anilines is 1. The van der Waals surface area contributed by atoms with Gasteiger partial charge in [0.2, 0.25) is 10.0 Å². The van der Waals surface area contributed by atoms with Crippen molar-refractivity contribution in [3.05, 3.63) is 52.6 Å². The van der Waals surface area contributed by atoms with Crippen molar-refractivity contribution in [1.29, 1.82) is 0 Å². The maximum absolute atomic E-state index is 12.8. The van der Waals surface area contributed by atoms with Gasteiger partial charge in [0.25, 0.3) is 11.6 Å². The molecule has 0 fully saturated rings. The molecule has 156 valence electrons. The molecule has 1 heterocycles. The molecule has 0 bridgehead atoms. The minimum absolute atomic E-state index is 0.116. The third-order valence-corrected chi connectivity index (χ3v) is 5.05. The first-order valence-electron chi connectivity index (χ1n) is 8.37. The summed E-state index contributed by atoms with van der Waals surface area (Å²) in [4.78, 5) is 22.9. The normalized spacial score (nSPS) is 16.8. The predicted octanol–water partition coefficient (Wildman–Crippen LogP) is 2.13. The maximum atomic E-state index is 12.8. The number of primary sulfonamides is 1. The molecule has 1 amide bonds. The molecule has 0 aliphatic carbocycles. The van der Waals surface area contributed by atoms with E-state index in [2.05, 4.69) is 15.3 Å². The van der Waals surface area contributed by atoms with Crippen molar-refractivity contribution < 1.29 is 22.9 Å². The van der Waals surface area contributed by atoms with E-state index in [0.717, 1.165) is 5.01 Å². The van der Waals surface area contributed by atoms with Crippen LogP contribution in [-0.2, 0) is 14.8 Å². The molecule has 1 aliphatic heterocycles. The lowest BCUT2D eigenvalue weighted by Gasteiger charge is -2.13. The molecule has 0 saturated carbocycles. The Morgan fingerprint density at radius 2 is 2.00 bits per heavy atom. The van der Waals surface area contributed by atoms with Crippen LogP contribution in [-0.4, -0.2) is 38.1 Å². The van der Waals surface area contributed by atoms with Crippen molar-refractivity contribution in [2.24, 2.45) is 20.5 Å². The molecule has 12 nitrogen and oxygen atoms in total. The van der Waals surface area contributed by atoms with Gasteiger partial charge in [-0.15, -0.1) is 0 Å². The fourth-order valence-corrected chi connectivity index (χ4v) is 3.20. The number of azo groups is 1. The summed E-state index contributed by atoms with van der Waals surface area (Å²) in [5.74, 6) is -0.436. The van der Waals surface area contributed by atoms with Crippen molar-refractivity contribution in [2.75, 3.05) is 12.1 Å². The summed E-state index contributed by atoms with van der Waals surface area (Å²) in [7, 11) is -2.63. The number of nitrogens with zero attached hydrogens (tertiary/aromatic N) is 5. The largest absolute Gasteiger partial charge is 0.494 e. The summed E-state index contributed by atoms with van der Waals surface area (Å²) in [6.07, 6.45) is 0. The summed E-state index contributed by atoms with van der Waals surface area (Å²) in [6, 6.07) is 8.18. The number of hydrogen-bond donors (Lipinski definition) is 1. The molecule has 13 heteroatoms. The van der Waals surface area contributed by atoms with Gasteiger partial charge in [-0.05, 0) is 31.2 Å². The van der Waals surface area contributed by atoms with E-state index in [9.17, 15) is 23.3 Å². The SMILES string of the molecule is COc1cc([N+](=O)[O-])ccc1N=NC1C(=O)N(c2cccc(S(N)(=O)=O)c2)N=C1C. The van der Waals surface area contributed by atoms with E-state index in [1.807, 2.05) is 0 Å². The van der Waals surface area contributed by atoms with Crippen LogP contribution in [0, 0.1) is 10.1 Å². The first-order valence-corrected chi connectivity index (χ1v) is 9.91. The number of carbonyl (C=O) groups is 1. The summed E-state index contributed by atoms with van der Waals surface area (Å²) < 4.78 is 28.2. The fraction of sp³-hybridized carbons (Fsp3) is 0.176. The highest BCUT2D eigenvalue weighted by molar-refractivity contribution is 7.89. The molecule has 2 aromatic carbocycles. The molecule has 2 N–H and O–H groups in total. The van der Waals surface area contributed by atoms with Gasteiger partial charge in [-0.3, -0.25) is 14.9 Å². The Kier molecular flexibility index (Phi) is 5.58. The molecule has 1 atom stereocenters. The lowest BCUT2D eigenvalue weighted by molar-refractivity contribution is -0.384. The van der Waals surface area contributed by atoms with Crippen LogP contribution < -0.4 is 14.9 Å². The van der Waals surface area contributed by atoms with Gasteiger partial charge in [0, 0.05) is 6.07 Å². The Labute approximate surface area is 170 Å².